The number of thiophene rings is 1. The molecule has 0 aromatic carbocycles. The van der Waals surface area contributed by atoms with Crippen molar-refractivity contribution in [2.24, 2.45) is 0 Å². The lowest BCUT2D eigenvalue weighted by molar-refractivity contribution is 0.159. The summed E-state index contributed by atoms with van der Waals surface area (Å²) in [5.74, 6) is 0.948. The maximum absolute atomic E-state index is 8.97. The van der Waals surface area contributed by atoms with Crippen LogP contribution in [-0.2, 0) is 6.54 Å². The van der Waals surface area contributed by atoms with Gasteiger partial charge in [0.1, 0.15) is 5.75 Å². The predicted octanol–water partition coefficient (Wildman–Crippen LogP) is 1.96. The zero-order valence-corrected chi connectivity index (χ0v) is 10.4. The predicted molar refractivity (Wildman–Crippen MR) is 63.5 cm³/mol. The standard InChI is InChI=1S/C11H19NO2S/c1-9(2)12(5-6-13)8-11-10(14-3)4-7-15-11/h4,7,9,13H,5-6,8H2,1-3H3. The molecule has 1 N–H and O–H groups in total. The Morgan fingerprint density at radius 2 is 2.27 bits per heavy atom. The van der Waals surface area contributed by atoms with Gasteiger partial charge in [-0.1, -0.05) is 0 Å². The van der Waals surface area contributed by atoms with Gasteiger partial charge in [-0.2, -0.15) is 0 Å². The van der Waals surface area contributed by atoms with Crippen LogP contribution in [0.15, 0.2) is 11.4 Å². The summed E-state index contributed by atoms with van der Waals surface area (Å²) in [6.07, 6.45) is 0. The molecule has 0 radical (unpaired) electrons. The van der Waals surface area contributed by atoms with Crippen molar-refractivity contribution in [1.29, 1.82) is 0 Å². The van der Waals surface area contributed by atoms with Crippen molar-refractivity contribution in [1.82, 2.24) is 4.90 Å². The van der Waals surface area contributed by atoms with Crippen molar-refractivity contribution >= 4 is 11.3 Å². The molecule has 0 saturated carbocycles. The van der Waals surface area contributed by atoms with Gasteiger partial charge in [0.15, 0.2) is 0 Å². The average molecular weight is 229 g/mol. The molecule has 0 spiro atoms. The topological polar surface area (TPSA) is 32.7 Å². The van der Waals surface area contributed by atoms with Crippen LogP contribution in [0.5, 0.6) is 5.75 Å². The summed E-state index contributed by atoms with van der Waals surface area (Å²) in [6, 6.07) is 2.42. The molecule has 0 aliphatic carbocycles. The van der Waals surface area contributed by atoms with Crippen LogP contribution < -0.4 is 4.74 Å². The molecular formula is C11H19NO2S. The Hall–Kier alpha value is -0.580. The molecule has 0 atom stereocenters. The van der Waals surface area contributed by atoms with Crippen LogP contribution in [-0.4, -0.2) is 36.3 Å². The van der Waals surface area contributed by atoms with Gasteiger partial charge in [-0.15, -0.1) is 11.3 Å². The van der Waals surface area contributed by atoms with Gasteiger partial charge >= 0.3 is 0 Å². The fourth-order valence-electron chi connectivity index (χ4n) is 1.46. The summed E-state index contributed by atoms with van der Waals surface area (Å²) in [5, 5.41) is 11.0. The van der Waals surface area contributed by atoms with E-state index in [0.717, 1.165) is 12.3 Å². The third-order valence-electron chi connectivity index (χ3n) is 2.39. The van der Waals surface area contributed by atoms with Gasteiger partial charge in [-0.25, -0.2) is 0 Å². The largest absolute Gasteiger partial charge is 0.496 e. The number of hydrogen-bond donors (Lipinski definition) is 1. The number of methoxy groups -OCH3 is 1. The number of hydrogen-bond acceptors (Lipinski definition) is 4. The highest BCUT2D eigenvalue weighted by Crippen LogP contribution is 2.26. The van der Waals surface area contributed by atoms with Gasteiger partial charge in [0, 0.05) is 19.1 Å². The van der Waals surface area contributed by atoms with Crippen LogP contribution in [0.2, 0.25) is 0 Å². The van der Waals surface area contributed by atoms with Crippen molar-refractivity contribution in [3.63, 3.8) is 0 Å². The molecule has 1 aromatic heterocycles. The second kappa shape index (κ2) is 6.10. The maximum Gasteiger partial charge on any atom is 0.134 e. The summed E-state index contributed by atoms with van der Waals surface area (Å²) < 4.78 is 5.27. The molecule has 0 aliphatic heterocycles. The van der Waals surface area contributed by atoms with Crippen LogP contribution in [0.1, 0.15) is 18.7 Å². The van der Waals surface area contributed by atoms with E-state index in [9.17, 15) is 0 Å². The van der Waals surface area contributed by atoms with Crippen LogP contribution in [0.3, 0.4) is 0 Å². The molecule has 15 heavy (non-hydrogen) atoms. The highest BCUT2D eigenvalue weighted by atomic mass is 32.1. The van der Waals surface area contributed by atoms with Crippen LogP contribution in [0, 0.1) is 0 Å². The van der Waals surface area contributed by atoms with Crippen molar-refractivity contribution < 1.29 is 9.84 Å². The van der Waals surface area contributed by atoms with Gasteiger partial charge in [-0.05, 0) is 25.3 Å². The minimum absolute atomic E-state index is 0.200. The Bertz CT molecular complexity index is 286. The van der Waals surface area contributed by atoms with Gasteiger partial charge < -0.3 is 9.84 Å². The first kappa shape index (κ1) is 12.5. The SMILES string of the molecule is COc1ccsc1CN(CCO)C(C)C. The van der Waals surface area contributed by atoms with Crippen LogP contribution >= 0.6 is 11.3 Å². The van der Waals surface area contributed by atoms with Gasteiger partial charge in [0.05, 0.1) is 18.6 Å². The number of nitrogens with zero attached hydrogens (tertiary/aromatic N) is 1. The summed E-state index contributed by atoms with van der Waals surface area (Å²) in [7, 11) is 1.69. The molecule has 86 valence electrons. The molecule has 0 unspecified atom stereocenters. The van der Waals surface area contributed by atoms with E-state index in [1.807, 2.05) is 11.4 Å². The first-order chi connectivity index (χ1) is 7.19. The minimum Gasteiger partial charge on any atom is -0.496 e. The Kier molecular flexibility index (Phi) is 5.08. The quantitative estimate of drug-likeness (QED) is 0.809. The van der Waals surface area contributed by atoms with Crippen molar-refractivity contribution in [3.8, 4) is 5.75 Å². The Labute approximate surface area is 95.3 Å². The monoisotopic (exact) mass is 229 g/mol. The zero-order chi connectivity index (χ0) is 11.3. The van der Waals surface area contributed by atoms with E-state index >= 15 is 0 Å². The number of rotatable bonds is 6. The highest BCUT2D eigenvalue weighted by Gasteiger charge is 2.13. The van der Waals surface area contributed by atoms with E-state index < -0.39 is 0 Å². The zero-order valence-electron chi connectivity index (χ0n) is 9.56. The van der Waals surface area contributed by atoms with Gasteiger partial charge in [0.25, 0.3) is 0 Å². The van der Waals surface area contributed by atoms with E-state index in [2.05, 4.69) is 18.7 Å². The molecule has 0 aliphatic rings. The summed E-state index contributed by atoms with van der Waals surface area (Å²) in [6.45, 7) is 6.02. The molecule has 0 amide bonds. The lowest BCUT2D eigenvalue weighted by atomic mass is 10.3. The molecule has 4 heteroatoms. The molecule has 1 rings (SSSR count). The highest BCUT2D eigenvalue weighted by molar-refractivity contribution is 7.10. The Morgan fingerprint density at radius 3 is 2.80 bits per heavy atom. The van der Waals surface area contributed by atoms with Crippen molar-refractivity contribution in [3.05, 3.63) is 16.3 Å². The van der Waals surface area contributed by atoms with E-state index in [-0.39, 0.29) is 6.61 Å². The smallest absolute Gasteiger partial charge is 0.134 e. The first-order valence-electron chi connectivity index (χ1n) is 5.14. The van der Waals surface area contributed by atoms with E-state index in [0.29, 0.717) is 12.6 Å². The maximum atomic E-state index is 8.97. The second-order valence-electron chi connectivity index (χ2n) is 3.70. The average Bonchev–Trinajstić information content (AvgIpc) is 2.64. The van der Waals surface area contributed by atoms with E-state index in [4.69, 9.17) is 9.84 Å². The van der Waals surface area contributed by atoms with Crippen molar-refractivity contribution in [2.45, 2.75) is 26.4 Å². The molecule has 3 nitrogen and oxygen atoms in total. The first-order valence-corrected chi connectivity index (χ1v) is 6.02. The van der Waals surface area contributed by atoms with E-state index in [1.165, 1.54) is 4.88 Å². The third kappa shape index (κ3) is 3.48. The molecule has 0 fully saturated rings. The Balaban J connectivity index is 2.65. The number of ether oxygens (including phenoxy) is 1. The summed E-state index contributed by atoms with van der Waals surface area (Å²) >= 11 is 1.70. The van der Waals surface area contributed by atoms with Crippen LogP contribution in [0.25, 0.3) is 0 Å². The molecule has 0 saturated heterocycles. The van der Waals surface area contributed by atoms with Gasteiger partial charge in [0.2, 0.25) is 0 Å². The fourth-order valence-corrected chi connectivity index (χ4v) is 2.32. The Morgan fingerprint density at radius 1 is 1.53 bits per heavy atom. The lowest BCUT2D eigenvalue weighted by Gasteiger charge is -2.25. The summed E-state index contributed by atoms with van der Waals surface area (Å²) in [4.78, 5) is 3.45. The molecule has 1 heterocycles. The molecule has 1 aromatic rings. The van der Waals surface area contributed by atoms with Gasteiger partial charge in [-0.3, -0.25) is 4.90 Å². The minimum atomic E-state index is 0.200. The summed E-state index contributed by atoms with van der Waals surface area (Å²) in [5.41, 5.74) is 0. The lowest BCUT2D eigenvalue weighted by Crippen LogP contribution is -2.32. The number of aliphatic hydroxyl groups is 1. The van der Waals surface area contributed by atoms with E-state index in [1.54, 1.807) is 18.4 Å². The molecule has 0 bridgehead atoms. The molecular weight excluding hydrogens is 210 g/mol. The second-order valence-corrected chi connectivity index (χ2v) is 4.70. The number of aliphatic hydroxyl groups excluding tert-OH is 1. The normalized spacial score (nSPS) is 11.3. The third-order valence-corrected chi connectivity index (χ3v) is 3.28. The van der Waals surface area contributed by atoms with Crippen molar-refractivity contribution in [2.75, 3.05) is 20.3 Å². The van der Waals surface area contributed by atoms with Crippen LogP contribution in [0.4, 0.5) is 0 Å². The fraction of sp³-hybridized carbons (Fsp3) is 0.636.